The van der Waals surface area contributed by atoms with Gasteiger partial charge in [0.05, 0.1) is 0 Å². The summed E-state index contributed by atoms with van der Waals surface area (Å²) in [6.07, 6.45) is 6.26. The molecule has 0 fully saturated rings. The summed E-state index contributed by atoms with van der Waals surface area (Å²) in [4.78, 5) is 20.2. The lowest BCUT2D eigenvalue weighted by Crippen LogP contribution is -2.13. The number of nitrogens with zero attached hydrogens (tertiary/aromatic N) is 1. The summed E-state index contributed by atoms with van der Waals surface area (Å²) in [5.74, 6) is 4.52. The molecule has 2 unspecified atom stereocenters. The number of carbonyl (C=O) groups is 2. The van der Waals surface area contributed by atoms with Crippen molar-refractivity contribution >= 4 is 82.4 Å². The molecule has 1 amide bonds. The molecule has 0 aliphatic heterocycles. The minimum atomic E-state index is -0.684. The highest BCUT2D eigenvalue weighted by Crippen LogP contribution is 2.37. The molecule has 2 N–H and O–H groups in total. The maximum absolute atomic E-state index is 10.1. The Labute approximate surface area is 280 Å². The van der Waals surface area contributed by atoms with Crippen LogP contribution in [0.4, 0.5) is 0 Å². The predicted molar refractivity (Wildman–Crippen MR) is 205 cm³/mol. The summed E-state index contributed by atoms with van der Waals surface area (Å²) < 4.78 is 0.473. The summed E-state index contributed by atoms with van der Waals surface area (Å²) in [5.41, 5.74) is 3.14. The van der Waals surface area contributed by atoms with E-state index in [0.717, 1.165) is 23.8 Å². The minimum Gasteiger partial charge on any atom is -0.481 e. The number of carboxylic acids is 1. The maximum Gasteiger partial charge on any atom is 0.303 e. The number of carboxylic acid groups (broad SMARTS) is 1. The molecular weight excluding hydrogens is 629 g/mol. The summed E-state index contributed by atoms with van der Waals surface area (Å²) in [6, 6.07) is 0. The van der Waals surface area contributed by atoms with Crippen molar-refractivity contribution in [3.05, 3.63) is 0 Å². The number of nitrogens with one attached hydrogen (secondary N) is 1. The van der Waals surface area contributed by atoms with E-state index >= 15 is 0 Å². The monoisotopic (exact) mass is 694 g/mol. The van der Waals surface area contributed by atoms with Crippen molar-refractivity contribution in [3.8, 4) is 0 Å². The van der Waals surface area contributed by atoms with Gasteiger partial charge in [-0.1, -0.05) is 140 Å². The molecule has 250 valence electrons. The zero-order chi connectivity index (χ0) is 33.1. The van der Waals surface area contributed by atoms with Crippen LogP contribution in [0.5, 0.6) is 0 Å². The van der Waals surface area contributed by atoms with E-state index in [0.29, 0.717) is 17.1 Å². The van der Waals surface area contributed by atoms with Crippen molar-refractivity contribution in [3.63, 3.8) is 0 Å². The van der Waals surface area contributed by atoms with Crippen LogP contribution in [0.25, 0.3) is 0 Å². The lowest BCUT2D eigenvalue weighted by atomic mass is 10.0. The number of hydrogen-bond acceptors (Lipinski definition) is 9. The Morgan fingerprint density at radius 3 is 1.68 bits per heavy atom. The molecule has 5 nitrogen and oxygen atoms in total. The van der Waals surface area contributed by atoms with E-state index in [-0.39, 0.29) is 5.91 Å². The lowest BCUT2D eigenvalue weighted by molar-refractivity contribution is -0.138. The zero-order valence-electron chi connectivity index (χ0n) is 28.9. The summed E-state index contributed by atoms with van der Waals surface area (Å²) in [7, 11) is 11.8. The molecule has 0 aromatic heterocycles. The first-order valence-electron chi connectivity index (χ1n) is 15.0. The van der Waals surface area contributed by atoms with Crippen LogP contribution < -0.4 is 5.43 Å². The molecule has 11 heteroatoms. The topological polar surface area (TPSA) is 78.8 Å². The van der Waals surface area contributed by atoms with E-state index in [1.165, 1.54) is 49.2 Å². The fourth-order valence-electron chi connectivity index (χ4n) is 1.84. The minimum absolute atomic E-state index is 0.133. The second-order valence-corrected chi connectivity index (χ2v) is 19.0. The molecule has 0 aromatic carbocycles. The Balaban J connectivity index is -0.000000132. The van der Waals surface area contributed by atoms with E-state index in [1.807, 2.05) is 85.5 Å². The number of amides is 1. The molecule has 0 aliphatic rings. The highest BCUT2D eigenvalue weighted by Gasteiger charge is 2.14. The van der Waals surface area contributed by atoms with Gasteiger partial charge in [-0.2, -0.15) is 5.10 Å². The summed E-state index contributed by atoms with van der Waals surface area (Å²) >= 11 is 0. The Bertz CT molecular complexity index is 574. The van der Waals surface area contributed by atoms with Crippen molar-refractivity contribution in [1.82, 2.24) is 5.43 Å². The first-order chi connectivity index (χ1) is 19.1. The van der Waals surface area contributed by atoms with E-state index in [1.54, 1.807) is 0 Å². The Morgan fingerprint density at radius 1 is 0.829 bits per heavy atom. The molecular formula is C30H66N2O3S6. The third-order valence-electron chi connectivity index (χ3n) is 4.41. The molecule has 0 heterocycles. The average Bonchev–Trinajstić information content (AvgIpc) is 2.91. The van der Waals surface area contributed by atoms with E-state index < -0.39 is 5.97 Å². The van der Waals surface area contributed by atoms with Gasteiger partial charge in [-0.3, -0.25) is 9.59 Å². The van der Waals surface area contributed by atoms with Gasteiger partial charge < -0.3 is 5.11 Å². The number of carbonyl (C=O) groups excluding carboxylic acids is 1. The summed E-state index contributed by atoms with van der Waals surface area (Å²) in [6.45, 7) is 29.2. The van der Waals surface area contributed by atoms with Crippen LogP contribution in [0, 0.1) is 5.92 Å². The van der Waals surface area contributed by atoms with Crippen LogP contribution >= 0.6 is 64.8 Å². The molecule has 0 radical (unpaired) electrons. The van der Waals surface area contributed by atoms with Crippen LogP contribution in [0.2, 0.25) is 0 Å². The van der Waals surface area contributed by atoms with Gasteiger partial charge >= 0.3 is 5.97 Å². The fourth-order valence-corrected chi connectivity index (χ4v) is 7.88. The molecule has 0 saturated carbocycles. The van der Waals surface area contributed by atoms with Crippen LogP contribution in [0.3, 0.4) is 0 Å². The Hall–Kier alpha value is 0.710. The molecule has 41 heavy (non-hydrogen) atoms. The lowest BCUT2D eigenvalue weighted by Gasteiger charge is -2.19. The number of aliphatic carboxylic acids is 1. The maximum atomic E-state index is 10.1. The highest BCUT2D eigenvalue weighted by atomic mass is 33.1. The van der Waals surface area contributed by atoms with Gasteiger partial charge in [0.2, 0.25) is 5.91 Å². The van der Waals surface area contributed by atoms with Crippen molar-refractivity contribution in [2.75, 3.05) is 23.0 Å². The standard InChI is InChI=1S/C7H14O2.C7H16S2.C6H14S2.C5H10N2O.C5H12S2/c1-3-4-6(2)5-7(8)9;1-5-7(3,4)9-8-6-2;1-4-6(3)8-7-5-2;1-4(2)6-7-5(3)8;1-3-5-7-6-4-2/h6H,3-5H2,1-2H3,(H,8,9);5-6H2,1-4H3;6H,4-5H2,1-3H3;1-3H3,(H,7,8);3-5H2,1-2H3. The zero-order valence-corrected chi connectivity index (χ0v) is 33.8. The van der Waals surface area contributed by atoms with Gasteiger partial charge in [0, 0.05) is 52.1 Å². The smallest absolute Gasteiger partial charge is 0.303 e. The Kier molecular flexibility index (Phi) is 50.9. The third-order valence-corrected chi connectivity index (χ3v) is 13.7. The third kappa shape index (κ3) is 64.7. The van der Waals surface area contributed by atoms with Crippen molar-refractivity contribution in [1.29, 1.82) is 0 Å². The first-order valence-corrected chi connectivity index (χ1v) is 22.1. The van der Waals surface area contributed by atoms with Gasteiger partial charge in [-0.05, 0) is 52.9 Å². The second kappa shape index (κ2) is 40.7. The molecule has 0 saturated heterocycles. The SMILES string of the molecule is CC(=O)NN=C(C)C.CCCC(C)CC(=O)O.CCCSSCC.CCSSC(C)(C)CC.CCSSC(C)CC. The fraction of sp³-hybridized carbons (Fsp3) is 0.900. The largest absolute Gasteiger partial charge is 0.481 e. The molecule has 0 spiro atoms. The number of hydrazone groups is 1. The average molecular weight is 695 g/mol. The van der Waals surface area contributed by atoms with Gasteiger partial charge in [0.1, 0.15) is 0 Å². The van der Waals surface area contributed by atoms with Crippen molar-refractivity contribution < 1.29 is 14.7 Å². The molecule has 2 atom stereocenters. The van der Waals surface area contributed by atoms with Crippen LogP contribution in [0.15, 0.2) is 5.10 Å². The van der Waals surface area contributed by atoms with Crippen LogP contribution in [-0.4, -0.2) is 55.7 Å². The predicted octanol–water partition coefficient (Wildman–Crippen LogP) is 12.0. The van der Waals surface area contributed by atoms with E-state index in [4.69, 9.17) is 5.11 Å². The quantitative estimate of drug-likeness (QED) is 0.0669. The number of rotatable bonds is 17. The molecule has 0 aromatic rings. The summed E-state index contributed by atoms with van der Waals surface area (Å²) in [5, 5.41) is 12.8. The van der Waals surface area contributed by atoms with Crippen molar-refractivity contribution in [2.45, 2.75) is 145 Å². The van der Waals surface area contributed by atoms with Gasteiger partial charge in [0.25, 0.3) is 0 Å². The van der Waals surface area contributed by atoms with E-state index in [2.05, 4.69) is 79.8 Å². The molecule has 0 bridgehead atoms. The van der Waals surface area contributed by atoms with Crippen LogP contribution in [0.1, 0.15) is 135 Å². The van der Waals surface area contributed by atoms with E-state index in [9.17, 15) is 9.59 Å². The van der Waals surface area contributed by atoms with Gasteiger partial charge in [-0.15, -0.1) is 0 Å². The van der Waals surface area contributed by atoms with Gasteiger partial charge in [0.15, 0.2) is 0 Å². The van der Waals surface area contributed by atoms with Gasteiger partial charge in [-0.25, -0.2) is 5.43 Å². The second-order valence-electron chi connectivity index (χ2n) is 9.77. The molecule has 0 rings (SSSR count). The number of hydrogen-bond donors (Lipinski definition) is 2. The normalized spacial score (nSPS) is 11.4. The molecule has 0 aliphatic carbocycles. The Morgan fingerprint density at radius 2 is 1.37 bits per heavy atom. The van der Waals surface area contributed by atoms with Crippen molar-refractivity contribution in [2.24, 2.45) is 11.0 Å². The first kappa shape index (κ1) is 51.3. The van der Waals surface area contributed by atoms with Crippen LogP contribution in [-0.2, 0) is 9.59 Å². The highest BCUT2D eigenvalue weighted by molar-refractivity contribution is 8.77.